The lowest BCUT2D eigenvalue weighted by molar-refractivity contribution is 0.949. The molecule has 0 spiro atoms. The minimum atomic E-state index is 0.798. The molecule has 96 valence electrons. The molecule has 0 bridgehead atoms. The third-order valence-corrected chi connectivity index (χ3v) is 3.00. The molecule has 2 N–H and O–H groups in total. The molecule has 0 saturated carbocycles. The van der Waals surface area contributed by atoms with E-state index in [9.17, 15) is 0 Å². The molecule has 0 amide bonds. The van der Waals surface area contributed by atoms with E-state index in [1.807, 2.05) is 5.51 Å². The third-order valence-electron chi connectivity index (χ3n) is 2.36. The molecule has 0 atom stereocenters. The van der Waals surface area contributed by atoms with E-state index in [0.717, 1.165) is 43.3 Å². The van der Waals surface area contributed by atoms with Gasteiger partial charge in [-0.2, -0.15) is 0 Å². The fraction of sp³-hybridized carbons (Fsp3) is 0.417. The molecule has 0 aromatic carbocycles. The van der Waals surface area contributed by atoms with Crippen molar-refractivity contribution in [3.05, 3.63) is 29.0 Å². The Morgan fingerprint density at radius 2 is 1.94 bits per heavy atom. The number of rotatable bonds is 7. The van der Waals surface area contributed by atoms with Gasteiger partial charge < -0.3 is 10.6 Å². The van der Waals surface area contributed by atoms with Crippen molar-refractivity contribution in [2.24, 2.45) is 0 Å². The maximum Gasteiger partial charge on any atom is 0.146 e. The van der Waals surface area contributed by atoms with Gasteiger partial charge in [0, 0.05) is 24.9 Å². The molecule has 0 aliphatic rings. The van der Waals surface area contributed by atoms with E-state index in [2.05, 4.69) is 37.9 Å². The quantitative estimate of drug-likeness (QED) is 0.803. The Morgan fingerprint density at radius 3 is 2.61 bits per heavy atom. The fourth-order valence-electron chi connectivity index (χ4n) is 1.47. The van der Waals surface area contributed by atoms with Crippen LogP contribution < -0.4 is 10.6 Å². The first kappa shape index (κ1) is 12.8. The van der Waals surface area contributed by atoms with Crippen LogP contribution in [-0.2, 0) is 6.42 Å². The molecule has 0 unspecified atom stereocenters. The molecule has 2 aromatic rings. The Labute approximate surface area is 111 Å². The van der Waals surface area contributed by atoms with Crippen molar-refractivity contribution in [2.75, 3.05) is 23.7 Å². The topological polar surface area (TPSA) is 62.7 Å². The van der Waals surface area contributed by atoms with Crippen LogP contribution in [0.2, 0.25) is 0 Å². The number of thiazole rings is 1. The van der Waals surface area contributed by atoms with Crippen LogP contribution in [0.4, 0.5) is 11.6 Å². The van der Waals surface area contributed by atoms with Crippen LogP contribution in [0.3, 0.4) is 0 Å². The Kier molecular flexibility index (Phi) is 4.89. The first-order valence-electron chi connectivity index (χ1n) is 6.05. The molecule has 0 fully saturated rings. The highest BCUT2D eigenvalue weighted by atomic mass is 32.1. The smallest absolute Gasteiger partial charge is 0.146 e. The number of nitrogens with zero attached hydrogens (tertiary/aromatic N) is 3. The SMILES string of the molecule is CCCNc1cncc(NCCc2cscn2)n1. The van der Waals surface area contributed by atoms with Crippen molar-refractivity contribution < 1.29 is 0 Å². The summed E-state index contributed by atoms with van der Waals surface area (Å²) in [5.74, 6) is 1.61. The summed E-state index contributed by atoms with van der Waals surface area (Å²) in [5, 5.41) is 8.53. The molecule has 2 heterocycles. The summed E-state index contributed by atoms with van der Waals surface area (Å²) >= 11 is 1.62. The van der Waals surface area contributed by atoms with Gasteiger partial charge in [-0.1, -0.05) is 6.92 Å². The van der Waals surface area contributed by atoms with Gasteiger partial charge in [0.25, 0.3) is 0 Å². The number of anilines is 2. The van der Waals surface area contributed by atoms with Crippen LogP contribution in [0.15, 0.2) is 23.3 Å². The first-order chi connectivity index (χ1) is 8.88. The molecule has 18 heavy (non-hydrogen) atoms. The summed E-state index contributed by atoms with van der Waals surface area (Å²) in [7, 11) is 0. The fourth-order valence-corrected chi connectivity index (χ4v) is 2.06. The highest BCUT2D eigenvalue weighted by Crippen LogP contribution is 2.07. The van der Waals surface area contributed by atoms with Crippen LogP contribution in [-0.4, -0.2) is 28.0 Å². The van der Waals surface area contributed by atoms with Crippen molar-refractivity contribution in [3.8, 4) is 0 Å². The molecule has 0 aliphatic heterocycles. The largest absolute Gasteiger partial charge is 0.369 e. The Hall–Kier alpha value is -1.69. The highest BCUT2D eigenvalue weighted by molar-refractivity contribution is 7.07. The zero-order chi connectivity index (χ0) is 12.6. The number of hydrogen-bond acceptors (Lipinski definition) is 6. The van der Waals surface area contributed by atoms with E-state index in [4.69, 9.17) is 0 Å². The van der Waals surface area contributed by atoms with Crippen LogP contribution >= 0.6 is 11.3 Å². The maximum atomic E-state index is 4.43. The normalized spacial score (nSPS) is 10.3. The summed E-state index contributed by atoms with van der Waals surface area (Å²) in [6, 6.07) is 0. The molecule has 0 saturated heterocycles. The number of hydrogen-bond donors (Lipinski definition) is 2. The summed E-state index contributed by atoms with van der Waals surface area (Å²) in [5.41, 5.74) is 2.96. The van der Waals surface area contributed by atoms with Gasteiger partial charge in [-0.15, -0.1) is 11.3 Å². The van der Waals surface area contributed by atoms with Gasteiger partial charge in [0.2, 0.25) is 0 Å². The van der Waals surface area contributed by atoms with Crippen LogP contribution in [0.5, 0.6) is 0 Å². The molecule has 0 aliphatic carbocycles. The zero-order valence-corrected chi connectivity index (χ0v) is 11.2. The van der Waals surface area contributed by atoms with Crippen molar-refractivity contribution in [1.82, 2.24) is 15.0 Å². The van der Waals surface area contributed by atoms with E-state index in [-0.39, 0.29) is 0 Å². The molecule has 2 rings (SSSR count). The Bertz CT molecular complexity index is 457. The van der Waals surface area contributed by atoms with E-state index < -0.39 is 0 Å². The average molecular weight is 263 g/mol. The second-order valence-electron chi connectivity index (χ2n) is 3.87. The van der Waals surface area contributed by atoms with Crippen LogP contribution in [0.1, 0.15) is 19.0 Å². The average Bonchev–Trinajstić information content (AvgIpc) is 2.90. The minimum absolute atomic E-state index is 0.798. The van der Waals surface area contributed by atoms with Crippen molar-refractivity contribution in [1.29, 1.82) is 0 Å². The predicted molar refractivity (Wildman–Crippen MR) is 75.1 cm³/mol. The Balaban J connectivity index is 1.81. The minimum Gasteiger partial charge on any atom is -0.369 e. The van der Waals surface area contributed by atoms with Gasteiger partial charge in [-0.05, 0) is 6.42 Å². The molecular weight excluding hydrogens is 246 g/mol. The van der Waals surface area contributed by atoms with E-state index in [0.29, 0.717) is 0 Å². The molecular formula is C12H17N5S. The van der Waals surface area contributed by atoms with Gasteiger partial charge in [0.15, 0.2) is 0 Å². The summed E-state index contributed by atoms with van der Waals surface area (Å²) in [4.78, 5) is 12.8. The van der Waals surface area contributed by atoms with Crippen LogP contribution in [0, 0.1) is 0 Å². The third kappa shape index (κ3) is 3.96. The summed E-state index contributed by atoms with van der Waals surface area (Å²) < 4.78 is 0. The van der Waals surface area contributed by atoms with Crippen molar-refractivity contribution in [3.63, 3.8) is 0 Å². The van der Waals surface area contributed by atoms with Gasteiger partial charge >= 0.3 is 0 Å². The molecule has 5 nitrogen and oxygen atoms in total. The second kappa shape index (κ2) is 6.90. The zero-order valence-electron chi connectivity index (χ0n) is 10.4. The standard InChI is InChI=1S/C12H17N5S/c1-2-4-14-11-6-13-7-12(17-11)15-5-3-10-8-18-9-16-10/h6-9H,2-5H2,1H3,(H2,14,15,17). The highest BCUT2D eigenvalue weighted by Gasteiger charge is 1.99. The van der Waals surface area contributed by atoms with Crippen molar-refractivity contribution >= 4 is 23.0 Å². The van der Waals surface area contributed by atoms with E-state index in [1.165, 1.54) is 0 Å². The van der Waals surface area contributed by atoms with Crippen molar-refractivity contribution in [2.45, 2.75) is 19.8 Å². The van der Waals surface area contributed by atoms with Gasteiger partial charge in [0.05, 0.1) is 23.6 Å². The maximum absolute atomic E-state index is 4.43. The molecule has 0 radical (unpaired) electrons. The number of nitrogens with one attached hydrogen (secondary N) is 2. The summed E-state index contributed by atoms with van der Waals surface area (Å²) in [6.45, 7) is 3.85. The number of aromatic nitrogens is 3. The monoisotopic (exact) mass is 263 g/mol. The van der Waals surface area contributed by atoms with E-state index in [1.54, 1.807) is 23.7 Å². The molecule has 6 heteroatoms. The lowest BCUT2D eigenvalue weighted by atomic mass is 10.3. The van der Waals surface area contributed by atoms with Gasteiger partial charge in [-0.25, -0.2) is 9.97 Å². The predicted octanol–water partition coefficient (Wildman–Crippen LogP) is 2.41. The van der Waals surface area contributed by atoms with Crippen LogP contribution in [0.25, 0.3) is 0 Å². The second-order valence-corrected chi connectivity index (χ2v) is 4.59. The lowest BCUT2D eigenvalue weighted by Crippen LogP contribution is -2.09. The summed E-state index contributed by atoms with van der Waals surface area (Å²) in [6.07, 6.45) is 5.44. The lowest BCUT2D eigenvalue weighted by Gasteiger charge is -2.07. The molecule has 2 aromatic heterocycles. The Morgan fingerprint density at radius 1 is 1.17 bits per heavy atom. The van der Waals surface area contributed by atoms with Gasteiger partial charge in [0.1, 0.15) is 11.6 Å². The van der Waals surface area contributed by atoms with E-state index >= 15 is 0 Å². The van der Waals surface area contributed by atoms with Gasteiger partial charge in [-0.3, -0.25) is 4.98 Å². The first-order valence-corrected chi connectivity index (χ1v) is 6.99.